The van der Waals surface area contributed by atoms with Crippen LogP contribution in [0.1, 0.15) is 11.1 Å². The molecule has 2 N–H and O–H groups in total. The first-order valence-corrected chi connectivity index (χ1v) is 11.0. The van der Waals surface area contributed by atoms with E-state index in [2.05, 4.69) is 102 Å². The van der Waals surface area contributed by atoms with Crippen molar-refractivity contribution in [2.45, 2.75) is 0 Å². The van der Waals surface area contributed by atoms with E-state index in [1.807, 2.05) is 30.3 Å². The predicted molar refractivity (Wildman–Crippen MR) is 143 cm³/mol. The maximum Gasteiger partial charge on any atom is 0.175 e. The molecule has 0 aliphatic carbocycles. The summed E-state index contributed by atoms with van der Waals surface area (Å²) < 4.78 is 0. The summed E-state index contributed by atoms with van der Waals surface area (Å²) in [5.41, 5.74) is 4.29. The molecule has 32 heavy (non-hydrogen) atoms. The summed E-state index contributed by atoms with van der Waals surface area (Å²) in [5, 5.41) is 12.0. The molecule has 0 aliphatic heterocycles. The molecule has 0 amide bonds. The first kappa shape index (κ1) is 20.0. The van der Waals surface area contributed by atoms with Gasteiger partial charge in [-0.25, -0.2) is 0 Å². The molecule has 5 aromatic carbocycles. The van der Waals surface area contributed by atoms with Gasteiger partial charge < -0.3 is 10.6 Å². The predicted octanol–water partition coefficient (Wildman–Crippen LogP) is 7.97. The summed E-state index contributed by atoms with van der Waals surface area (Å²) in [6.07, 6.45) is 4.22. The van der Waals surface area contributed by atoms with E-state index in [-0.39, 0.29) is 0 Å². The highest BCUT2D eigenvalue weighted by Crippen LogP contribution is 2.33. The number of thiocarbonyl (C=S) groups is 1. The highest BCUT2D eigenvalue weighted by Gasteiger charge is 2.09. The fourth-order valence-corrected chi connectivity index (χ4v) is 4.08. The van der Waals surface area contributed by atoms with Crippen molar-refractivity contribution in [3.05, 3.63) is 120 Å². The minimum absolute atomic E-state index is 0.569. The standard InChI is InChI=1S/C29H22N2S/c32-29(30-25-18-16-22(17-19-25)15-14-21-8-2-1-3-9-21)31-28-26-12-6-4-10-23(26)20-24-11-5-7-13-27(24)28/h1-20H,(H2,30,31,32)/b15-14+. The molecule has 2 nitrogen and oxygen atoms in total. The quantitative estimate of drug-likeness (QED) is 0.172. The molecule has 5 rings (SSSR count). The van der Waals surface area contributed by atoms with Crippen LogP contribution in [-0.2, 0) is 0 Å². The molecule has 0 radical (unpaired) electrons. The van der Waals surface area contributed by atoms with Crippen LogP contribution in [0, 0.1) is 0 Å². The SMILES string of the molecule is S=C(Nc1ccc(/C=C/c2ccccc2)cc1)Nc1c2ccccc2cc2ccccc12. The summed E-state index contributed by atoms with van der Waals surface area (Å²) in [6.45, 7) is 0. The first-order chi connectivity index (χ1) is 15.8. The van der Waals surface area contributed by atoms with Gasteiger partial charge in [0.25, 0.3) is 0 Å². The Kier molecular flexibility index (Phi) is 5.65. The van der Waals surface area contributed by atoms with Gasteiger partial charge in [-0.2, -0.15) is 0 Å². The van der Waals surface area contributed by atoms with Crippen molar-refractivity contribution < 1.29 is 0 Å². The molecule has 0 saturated heterocycles. The van der Waals surface area contributed by atoms with Crippen molar-refractivity contribution in [2.24, 2.45) is 0 Å². The van der Waals surface area contributed by atoms with Crippen LogP contribution in [0.4, 0.5) is 11.4 Å². The van der Waals surface area contributed by atoms with Gasteiger partial charge in [0.05, 0.1) is 5.69 Å². The summed E-state index contributed by atoms with van der Waals surface area (Å²) in [4.78, 5) is 0. The summed E-state index contributed by atoms with van der Waals surface area (Å²) in [7, 11) is 0. The van der Waals surface area contributed by atoms with E-state index < -0.39 is 0 Å². The van der Waals surface area contributed by atoms with Crippen molar-refractivity contribution in [2.75, 3.05) is 10.6 Å². The van der Waals surface area contributed by atoms with E-state index in [9.17, 15) is 0 Å². The zero-order valence-electron chi connectivity index (χ0n) is 17.5. The van der Waals surface area contributed by atoms with Gasteiger partial charge in [-0.15, -0.1) is 0 Å². The third-order valence-electron chi connectivity index (χ3n) is 5.45. The van der Waals surface area contributed by atoms with Gasteiger partial charge in [-0.1, -0.05) is 103 Å². The second-order valence-electron chi connectivity index (χ2n) is 7.64. The number of anilines is 2. The molecule has 0 aromatic heterocycles. The number of hydrogen-bond donors (Lipinski definition) is 2. The van der Waals surface area contributed by atoms with Crippen molar-refractivity contribution in [1.82, 2.24) is 0 Å². The smallest absolute Gasteiger partial charge is 0.175 e. The molecule has 0 fully saturated rings. The second kappa shape index (κ2) is 9.04. The Morgan fingerprint density at radius 1 is 0.562 bits per heavy atom. The first-order valence-electron chi connectivity index (χ1n) is 10.6. The molecular weight excluding hydrogens is 408 g/mol. The van der Waals surface area contributed by atoms with Gasteiger partial charge in [0, 0.05) is 16.5 Å². The van der Waals surface area contributed by atoms with E-state index in [0.29, 0.717) is 5.11 Å². The lowest BCUT2D eigenvalue weighted by Gasteiger charge is -2.15. The Hall–Kier alpha value is -3.95. The van der Waals surface area contributed by atoms with Crippen molar-refractivity contribution in [3.63, 3.8) is 0 Å². The molecule has 5 aromatic rings. The van der Waals surface area contributed by atoms with Crippen LogP contribution in [0.25, 0.3) is 33.7 Å². The number of fused-ring (bicyclic) bond motifs is 2. The molecule has 0 heterocycles. The van der Waals surface area contributed by atoms with Crippen LogP contribution in [-0.4, -0.2) is 5.11 Å². The Morgan fingerprint density at radius 3 is 1.72 bits per heavy atom. The topological polar surface area (TPSA) is 24.1 Å². The molecule has 0 unspecified atom stereocenters. The maximum absolute atomic E-state index is 5.66. The van der Waals surface area contributed by atoms with Gasteiger partial charge in [0.15, 0.2) is 5.11 Å². The minimum Gasteiger partial charge on any atom is -0.332 e. The molecule has 0 atom stereocenters. The lowest BCUT2D eigenvalue weighted by Crippen LogP contribution is -2.19. The molecule has 3 heteroatoms. The van der Waals surface area contributed by atoms with Crippen LogP contribution in [0.2, 0.25) is 0 Å². The van der Waals surface area contributed by atoms with E-state index in [1.54, 1.807) is 0 Å². The lowest BCUT2D eigenvalue weighted by molar-refractivity contribution is 1.60. The van der Waals surface area contributed by atoms with Crippen LogP contribution < -0.4 is 10.6 Å². The van der Waals surface area contributed by atoms with Crippen molar-refractivity contribution in [3.8, 4) is 0 Å². The monoisotopic (exact) mass is 430 g/mol. The van der Waals surface area contributed by atoms with Crippen LogP contribution in [0.15, 0.2) is 109 Å². The van der Waals surface area contributed by atoms with Gasteiger partial charge in [-0.05, 0) is 52.3 Å². The molecular formula is C29H22N2S. The lowest BCUT2D eigenvalue weighted by atomic mass is 10.0. The van der Waals surface area contributed by atoms with Crippen molar-refractivity contribution >= 4 is 62.4 Å². The van der Waals surface area contributed by atoms with Crippen molar-refractivity contribution in [1.29, 1.82) is 0 Å². The second-order valence-corrected chi connectivity index (χ2v) is 8.05. The Balaban J connectivity index is 1.35. The normalized spacial score (nSPS) is 11.1. The summed E-state index contributed by atoms with van der Waals surface area (Å²) >= 11 is 5.66. The van der Waals surface area contributed by atoms with Crippen LogP contribution >= 0.6 is 12.2 Å². The van der Waals surface area contributed by atoms with Gasteiger partial charge in [0.1, 0.15) is 0 Å². The van der Waals surface area contributed by atoms with E-state index in [0.717, 1.165) is 27.7 Å². The minimum atomic E-state index is 0.569. The van der Waals surface area contributed by atoms with Crippen LogP contribution in [0.3, 0.4) is 0 Å². The fourth-order valence-electron chi connectivity index (χ4n) is 3.86. The van der Waals surface area contributed by atoms with E-state index >= 15 is 0 Å². The van der Waals surface area contributed by atoms with Gasteiger partial charge in [-0.3, -0.25) is 0 Å². The average Bonchev–Trinajstić information content (AvgIpc) is 2.84. The average molecular weight is 431 g/mol. The molecule has 154 valence electrons. The van der Waals surface area contributed by atoms with Gasteiger partial charge >= 0.3 is 0 Å². The van der Waals surface area contributed by atoms with E-state index in [1.165, 1.54) is 16.3 Å². The molecule has 0 saturated carbocycles. The fraction of sp³-hybridized carbons (Fsp3) is 0. The number of hydrogen-bond acceptors (Lipinski definition) is 1. The number of rotatable bonds is 4. The maximum atomic E-state index is 5.66. The molecule has 0 bridgehead atoms. The Bertz CT molecular complexity index is 1370. The highest BCUT2D eigenvalue weighted by atomic mass is 32.1. The number of nitrogens with one attached hydrogen (secondary N) is 2. The summed E-state index contributed by atoms with van der Waals surface area (Å²) in [6, 6.07) is 37.5. The zero-order chi connectivity index (χ0) is 21.8. The molecule has 0 spiro atoms. The summed E-state index contributed by atoms with van der Waals surface area (Å²) in [5.74, 6) is 0. The highest BCUT2D eigenvalue weighted by molar-refractivity contribution is 7.80. The molecule has 0 aliphatic rings. The Morgan fingerprint density at radius 2 is 1.09 bits per heavy atom. The third kappa shape index (κ3) is 4.39. The third-order valence-corrected chi connectivity index (χ3v) is 5.65. The van der Waals surface area contributed by atoms with E-state index in [4.69, 9.17) is 12.2 Å². The Labute approximate surface area is 193 Å². The number of benzene rings is 5. The largest absolute Gasteiger partial charge is 0.332 e. The van der Waals surface area contributed by atoms with Gasteiger partial charge in [0.2, 0.25) is 0 Å². The van der Waals surface area contributed by atoms with Crippen LogP contribution in [0.5, 0.6) is 0 Å². The zero-order valence-corrected chi connectivity index (χ0v) is 18.3.